The van der Waals surface area contributed by atoms with Crippen LogP contribution in [0.1, 0.15) is 16.7 Å². The maximum Gasteiger partial charge on any atom is 0.323 e. The van der Waals surface area contributed by atoms with Gasteiger partial charge in [-0.25, -0.2) is 4.79 Å². The monoisotopic (exact) mass is 440 g/mol. The number of amides is 2. The molecule has 2 amide bonds. The fraction of sp³-hybridized carbons (Fsp3) is 0.174. The van der Waals surface area contributed by atoms with Crippen LogP contribution in [0.2, 0.25) is 0 Å². The van der Waals surface area contributed by atoms with Gasteiger partial charge in [0.25, 0.3) is 0 Å². The second kappa shape index (κ2) is 9.09. The normalized spacial score (nSPS) is 11.0. The molecule has 0 fully saturated rings. The second-order valence-electron chi connectivity index (χ2n) is 7.25. The minimum atomic E-state index is -3.65. The molecule has 0 atom stereocenters. The third-order valence-electron chi connectivity index (χ3n) is 4.26. The molecular formula is C23H24N2O5S. The van der Waals surface area contributed by atoms with Gasteiger partial charge in [0.15, 0.2) is 0 Å². The number of anilines is 2. The number of rotatable bonds is 6. The number of benzene rings is 3. The molecule has 0 saturated heterocycles. The molecule has 0 spiro atoms. The van der Waals surface area contributed by atoms with E-state index in [0.29, 0.717) is 17.1 Å². The van der Waals surface area contributed by atoms with Gasteiger partial charge in [-0.3, -0.25) is 0 Å². The van der Waals surface area contributed by atoms with Crippen molar-refractivity contribution in [3.05, 3.63) is 77.4 Å². The Balaban J connectivity index is 1.69. The maximum absolute atomic E-state index is 12.4. The summed E-state index contributed by atoms with van der Waals surface area (Å²) in [5.74, 6) is 1.49. The number of carbonyl (C=O) groups excluding carboxylic acids is 1. The molecule has 31 heavy (non-hydrogen) atoms. The molecule has 2 N–H and O–H groups in total. The summed E-state index contributed by atoms with van der Waals surface area (Å²) < 4.78 is 33.4. The summed E-state index contributed by atoms with van der Waals surface area (Å²) >= 11 is 0. The number of urea groups is 1. The Labute approximate surface area is 182 Å². The summed E-state index contributed by atoms with van der Waals surface area (Å²) in [4.78, 5) is 12.4. The van der Waals surface area contributed by atoms with Crippen molar-refractivity contribution in [2.24, 2.45) is 0 Å². The average molecular weight is 441 g/mol. The van der Waals surface area contributed by atoms with E-state index in [4.69, 9.17) is 8.92 Å². The topological polar surface area (TPSA) is 93.7 Å². The van der Waals surface area contributed by atoms with E-state index in [-0.39, 0.29) is 5.75 Å². The molecule has 3 rings (SSSR count). The van der Waals surface area contributed by atoms with Gasteiger partial charge < -0.3 is 19.6 Å². The summed E-state index contributed by atoms with van der Waals surface area (Å²) in [6.45, 7) is 6.02. The lowest BCUT2D eigenvalue weighted by Gasteiger charge is -2.14. The smallest absolute Gasteiger partial charge is 0.323 e. The van der Waals surface area contributed by atoms with E-state index in [0.717, 1.165) is 23.1 Å². The average Bonchev–Trinajstić information content (AvgIpc) is 2.63. The summed E-state index contributed by atoms with van der Waals surface area (Å²) in [5.41, 5.74) is 4.16. The third kappa shape index (κ3) is 6.48. The predicted molar refractivity (Wildman–Crippen MR) is 122 cm³/mol. The number of aryl methyl sites for hydroxylation is 3. The van der Waals surface area contributed by atoms with Gasteiger partial charge in [0.05, 0.1) is 6.26 Å². The Hall–Kier alpha value is -3.52. The number of carbonyl (C=O) groups is 1. The first kappa shape index (κ1) is 22.2. The molecule has 8 heteroatoms. The summed E-state index contributed by atoms with van der Waals surface area (Å²) in [5, 5.41) is 5.38. The standard InChI is InChI=1S/C23H24N2O5S/c1-15-11-16(2)22(17(3)12-15)29-20-9-5-7-18(13-20)24-23(26)25-19-8-6-10-21(14-19)30-31(4,27)28/h5-14H,1-4H3,(H2,24,25,26). The minimum Gasteiger partial charge on any atom is -0.457 e. The first-order valence-electron chi connectivity index (χ1n) is 9.52. The quantitative estimate of drug-likeness (QED) is 0.502. The summed E-state index contributed by atoms with van der Waals surface area (Å²) in [6.07, 6.45) is 0.953. The number of hydrogen-bond donors (Lipinski definition) is 2. The Morgan fingerprint density at radius 1 is 0.806 bits per heavy atom. The van der Waals surface area contributed by atoms with Crippen LogP contribution in [0.5, 0.6) is 17.2 Å². The van der Waals surface area contributed by atoms with E-state index in [1.54, 1.807) is 30.3 Å². The van der Waals surface area contributed by atoms with Crippen LogP contribution in [-0.4, -0.2) is 20.7 Å². The largest absolute Gasteiger partial charge is 0.457 e. The third-order valence-corrected chi connectivity index (χ3v) is 4.75. The van der Waals surface area contributed by atoms with Crippen LogP contribution in [0.25, 0.3) is 0 Å². The van der Waals surface area contributed by atoms with Crippen molar-refractivity contribution in [3.63, 3.8) is 0 Å². The van der Waals surface area contributed by atoms with Gasteiger partial charge in [0, 0.05) is 23.5 Å². The lowest BCUT2D eigenvalue weighted by atomic mass is 10.1. The van der Waals surface area contributed by atoms with Crippen molar-refractivity contribution >= 4 is 27.5 Å². The van der Waals surface area contributed by atoms with Gasteiger partial charge in [0.2, 0.25) is 0 Å². The summed E-state index contributed by atoms with van der Waals surface area (Å²) in [7, 11) is -3.65. The molecule has 0 aromatic heterocycles. The first-order chi connectivity index (χ1) is 14.6. The lowest BCUT2D eigenvalue weighted by molar-refractivity contribution is 0.262. The van der Waals surface area contributed by atoms with Crippen molar-refractivity contribution in [2.75, 3.05) is 16.9 Å². The molecular weight excluding hydrogens is 416 g/mol. The van der Waals surface area contributed by atoms with Gasteiger partial charge in [-0.05, 0) is 56.2 Å². The van der Waals surface area contributed by atoms with Crippen LogP contribution in [0, 0.1) is 20.8 Å². The summed E-state index contributed by atoms with van der Waals surface area (Å²) in [6, 6.07) is 16.8. The van der Waals surface area contributed by atoms with E-state index in [1.165, 1.54) is 17.7 Å². The zero-order valence-electron chi connectivity index (χ0n) is 17.7. The molecule has 0 saturated carbocycles. The molecule has 0 aliphatic rings. The highest BCUT2D eigenvalue weighted by Gasteiger charge is 2.10. The Bertz CT molecular complexity index is 1200. The van der Waals surface area contributed by atoms with E-state index in [2.05, 4.69) is 22.8 Å². The highest BCUT2D eigenvalue weighted by Crippen LogP contribution is 2.31. The molecule has 0 heterocycles. The van der Waals surface area contributed by atoms with Crippen LogP contribution < -0.4 is 19.6 Å². The van der Waals surface area contributed by atoms with Crippen LogP contribution in [0.4, 0.5) is 16.2 Å². The highest BCUT2D eigenvalue weighted by molar-refractivity contribution is 7.86. The van der Waals surface area contributed by atoms with E-state index in [9.17, 15) is 13.2 Å². The Kier molecular flexibility index (Phi) is 6.50. The van der Waals surface area contributed by atoms with Gasteiger partial charge in [-0.1, -0.05) is 29.8 Å². The molecule has 3 aromatic rings. The molecule has 0 radical (unpaired) electrons. The van der Waals surface area contributed by atoms with Crippen molar-refractivity contribution in [3.8, 4) is 17.2 Å². The second-order valence-corrected chi connectivity index (χ2v) is 8.83. The predicted octanol–water partition coefficient (Wildman–Crippen LogP) is 5.39. The Morgan fingerprint density at radius 3 is 1.87 bits per heavy atom. The van der Waals surface area contributed by atoms with Gasteiger partial charge in [-0.2, -0.15) is 8.42 Å². The SMILES string of the molecule is Cc1cc(C)c(Oc2cccc(NC(=O)Nc3cccc(OS(C)(=O)=O)c3)c2)c(C)c1. The van der Waals surface area contributed by atoms with Crippen molar-refractivity contribution in [1.82, 2.24) is 0 Å². The molecule has 3 aromatic carbocycles. The van der Waals surface area contributed by atoms with Crippen molar-refractivity contribution in [1.29, 1.82) is 0 Å². The first-order valence-corrected chi connectivity index (χ1v) is 11.3. The van der Waals surface area contributed by atoms with Crippen molar-refractivity contribution < 1.29 is 22.1 Å². The van der Waals surface area contributed by atoms with Crippen molar-refractivity contribution in [2.45, 2.75) is 20.8 Å². The zero-order valence-corrected chi connectivity index (χ0v) is 18.5. The van der Waals surface area contributed by atoms with Gasteiger partial charge in [0.1, 0.15) is 17.2 Å². The number of hydrogen-bond acceptors (Lipinski definition) is 5. The van der Waals surface area contributed by atoms with Crippen LogP contribution >= 0.6 is 0 Å². The van der Waals surface area contributed by atoms with Gasteiger partial charge in [-0.15, -0.1) is 0 Å². The zero-order chi connectivity index (χ0) is 22.6. The lowest BCUT2D eigenvalue weighted by Crippen LogP contribution is -2.19. The van der Waals surface area contributed by atoms with E-state index in [1.807, 2.05) is 26.8 Å². The molecule has 0 unspecified atom stereocenters. The fourth-order valence-electron chi connectivity index (χ4n) is 3.18. The molecule has 7 nitrogen and oxygen atoms in total. The van der Waals surface area contributed by atoms with Crippen LogP contribution in [-0.2, 0) is 10.1 Å². The van der Waals surface area contributed by atoms with E-state index < -0.39 is 16.1 Å². The maximum atomic E-state index is 12.4. The Morgan fingerprint density at radius 2 is 1.32 bits per heavy atom. The molecule has 0 bridgehead atoms. The van der Waals surface area contributed by atoms with Gasteiger partial charge >= 0.3 is 16.1 Å². The number of ether oxygens (including phenoxy) is 1. The minimum absolute atomic E-state index is 0.111. The fourth-order valence-corrected chi connectivity index (χ4v) is 3.63. The molecule has 162 valence electrons. The highest BCUT2D eigenvalue weighted by atomic mass is 32.2. The van der Waals surface area contributed by atoms with E-state index >= 15 is 0 Å². The van der Waals surface area contributed by atoms with Crippen LogP contribution in [0.15, 0.2) is 60.7 Å². The number of nitrogens with one attached hydrogen (secondary N) is 2. The van der Waals surface area contributed by atoms with Crippen LogP contribution in [0.3, 0.4) is 0 Å². The molecule has 0 aliphatic carbocycles. The molecule has 0 aliphatic heterocycles.